The highest BCUT2D eigenvalue weighted by Crippen LogP contribution is 2.37. The Morgan fingerprint density at radius 3 is 2.73 bits per heavy atom. The van der Waals surface area contributed by atoms with Crippen molar-refractivity contribution in [2.24, 2.45) is 4.99 Å². The number of benzene rings is 2. The SMILES string of the molecule is COc1cccc(/C=C2/SC(=Nc3cccc(Cl)c3C)N(C)C2=O)c1O. The predicted molar refractivity (Wildman–Crippen MR) is 106 cm³/mol. The molecule has 1 saturated heterocycles. The molecule has 1 amide bonds. The second kappa shape index (κ2) is 7.43. The first kappa shape index (κ1) is 18.4. The zero-order chi connectivity index (χ0) is 18.8. The van der Waals surface area contributed by atoms with Gasteiger partial charge in [0, 0.05) is 17.6 Å². The maximum absolute atomic E-state index is 12.5. The Bertz CT molecular complexity index is 940. The number of thioether (sulfide) groups is 1. The van der Waals surface area contributed by atoms with Gasteiger partial charge in [-0.3, -0.25) is 9.69 Å². The number of likely N-dealkylation sites (N-methyl/N-ethyl adjacent to an activating group) is 1. The lowest BCUT2D eigenvalue weighted by Gasteiger charge is -2.08. The first-order valence-electron chi connectivity index (χ1n) is 7.79. The number of rotatable bonds is 3. The van der Waals surface area contributed by atoms with Crippen LogP contribution >= 0.6 is 23.4 Å². The Morgan fingerprint density at radius 1 is 1.27 bits per heavy atom. The van der Waals surface area contributed by atoms with Crippen LogP contribution in [0.25, 0.3) is 6.08 Å². The first-order chi connectivity index (χ1) is 12.4. The number of hydrogen-bond donors (Lipinski definition) is 1. The fraction of sp³-hybridized carbons (Fsp3) is 0.158. The number of para-hydroxylation sites is 1. The van der Waals surface area contributed by atoms with Gasteiger partial charge in [0.05, 0.1) is 17.7 Å². The molecule has 0 radical (unpaired) electrons. The molecule has 1 heterocycles. The number of amidine groups is 1. The summed E-state index contributed by atoms with van der Waals surface area (Å²) in [5, 5.41) is 11.4. The average molecular weight is 389 g/mol. The number of phenols is 1. The fourth-order valence-electron chi connectivity index (χ4n) is 2.43. The van der Waals surface area contributed by atoms with Crippen LogP contribution < -0.4 is 4.74 Å². The highest BCUT2D eigenvalue weighted by Gasteiger charge is 2.30. The number of aliphatic imine (C=N–C) groups is 1. The molecule has 0 atom stereocenters. The summed E-state index contributed by atoms with van der Waals surface area (Å²) in [6, 6.07) is 10.6. The Morgan fingerprint density at radius 2 is 2.00 bits per heavy atom. The van der Waals surface area contributed by atoms with Crippen LogP contribution in [0.3, 0.4) is 0 Å². The highest BCUT2D eigenvalue weighted by molar-refractivity contribution is 8.18. The van der Waals surface area contributed by atoms with Crippen LogP contribution in [-0.4, -0.2) is 35.2 Å². The lowest BCUT2D eigenvalue weighted by Crippen LogP contribution is -2.23. The fourth-order valence-corrected chi connectivity index (χ4v) is 3.57. The molecule has 1 fully saturated rings. The minimum absolute atomic E-state index is 0.00497. The molecule has 0 saturated carbocycles. The number of phenolic OH excluding ortho intramolecular Hbond substituents is 1. The molecule has 7 heteroatoms. The minimum atomic E-state index is -0.185. The molecule has 0 spiro atoms. The van der Waals surface area contributed by atoms with Crippen LogP contribution in [0, 0.1) is 6.92 Å². The maximum Gasteiger partial charge on any atom is 0.266 e. The van der Waals surface area contributed by atoms with Crippen molar-refractivity contribution in [3.63, 3.8) is 0 Å². The molecule has 26 heavy (non-hydrogen) atoms. The molecule has 0 aromatic heterocycles. The summed E-state index contributed by atoms with van der Waals surface area (Å²) < 4.78 is 5.10. The van der Waals surface area contributed by atoms with Crippen LogP contribution in [0.5, 0.6) is 11.5 Å². The smallest absolute Gasteiger partial charge is 0.266 e. The van der Waals surface area contributed by atoms with Gasteiger partial charge in [-0.05, 0) is 48.5 Å². The molecule has 0 bridgehead atoms. The molecular weight excluding hydrogens is 372 g/mol. The van der Waals surface area contributed by atoms with Gasteiger partial charge in [0.25, 0.3) is 5.91 Å². The van der Waals surface area contributed by atoms with E-state index < -0.39 is 0 Å². The standard InChI is InChI=1S/C19H17ClN2O3S/c1-11-13(20)7-5-8-14(11)21-19-22(2)18(24)16(26-19)10-12-6-4-9-15(25-3)17(12)23/h4-10,23H,1-3H3/b16-10+,21-19?. The normalized spacial score (nSPS) is 17.4. The van der Waals surface area contributed by atoms with Crippen LogP contribution in [0.1, 0.15) is 11.1 Å². The van der Waals surface area contributed by atoms with E-state index in [0.29, 0.717) is 32.1 Å². The van der Waals surface area contributed by atoms with E-state index in [9.17, 15) is 9.90 Å². The zero-order valence-electron chi connectivity index (χ0n) is 14.5. The van der Waals surface area contributed by atoms with Crippen LogP contribution in [-0.2, 0) is 4.79 Å². The Labute approximate surface area is 160 Å². The second-order valence-corrected chi connectivity index (χ2v) is 7.07. The number of carbonyl (C=O) groups is 1. The van der Waals surface area contributed by atoms with E-state index in [1.807, 2.05) is 19.1 Å². The van der Waals surface area contributed by atoms with Crippen molar-refractivity contribution < 1.29 is 14.6 Å². The minimum Gasteiger partial charge on any atom is -0.504 e. The van der Waals surface area contributed by atoms with Crippen LogP contribution in [0.4, 0.5) is 5.69 Å². The molecule has 0 aliphatic carbocycles. The molecule has 1 aliphatic rings. The zero-order valence-corrected chi connectivity index (χ0v) is 16.1. The van der Waals surface area contributed by atoms with Crippen molar-refractivity contribution in [2.45, 2.75) is 6.92 Å². The molecule has 2 aromatic carbocycles. The van der Waals surface area contributed by atoms with Crippen molar-refractivity contribution in [3.8, 4) is 11.5 Å². The molecule has 2 aromatic rings. The third-order valence-corrected chi connectivity index (χ3v) is 5.47. The van der Waals surface area contributed by atoms with Gasteiger partial charge in [-0.25, -0.2) is 4.99 Å². The van der Waals surface area contributed by atoms with Crippen LogP contribution in [0.2, 0.25) is 5.02 Å². The van der Waals surface area contributed by atoms with Crippen molar-refractivity contribution >= 4 is 46.2 Å². The van der Waals surface area contributed by atoms with E-state index in [1.54, 1.807) is 37.4 Å². The summed E-state index contributed by atoms with van der Waals surface area (Å²) in [4.78, 5) is 19.1. The van der Waals surface area contributed by atoms with Crippen molar-refractivity contribution in [2.75, 3.05) is 14.2 Å². The summed E-state index contributed by atoms with van der Waals surface area (Å²) in [6.07, 6.45) is 1.63. The molecule has 1 aliphatic heterocycles. The number of aromatic hydroxyl groups is 1. The van der Waals surface area contributed by atoms with Crippen molar-refractivity contribution in [3.05, 3.63) is 57.5 Å². The van der Waals surface area contributed by atoms with E-state index in [-0.39, 0.29) is 11.7 Å². The monoisotopic (exact) mass is 388 g/mol. The lowest BCUT2D eigenvalue weighted by atomic mass is 10.1. The first-order valence-corrected chi connectivity index (χ1v) is 8.99. The average Bonchev–Trinajstić information content (AvgIpc) is 2.89. The molecular formula is C19H17ClN2O3S. The summed E-state index contributed by atoms with van der Waals surface area (Å²) in [5.74, 6) is 0.164. The van der Waals surface area contributed by atoms with Crippen molar-refractivity contribution in [1.82, 2.24) is 4.90 Å². The molecule has 5 nitrogen and oxygen atoms in total. The summed E-state index contributed by atoms with van der Waals surface area (Å²) in [7, 11) is 3.15. The van der Waals surface area contributed by atoms with Gasteiger partial charge in [0.15, 0.2) is 16.7 Å². The Balaban J connectivity index is 1.97. The topological polar surface area (TPSA) is 62.1 Å². The van der Waals surface area contributed by atoms with Crippen molar-refractivity contribution in [1.29, 1.82) is 0 Å². The van der Waals surface area contributed by atoms with E-state index >= 15 is 0 Å². The van der Waals surface area contributed by atoms with E-state index in [2.05, 4.69) is 4.99 Å². The third-order valence-electron chi connectivity index (χ3n) is 4.00. The maximum atomic E-state index is 12.5. The van der Waals surface area contributed by atoms with Gasteiger partial charge >= 0.3 is 0 Å². The lowest BCUT2D eigenvalue weighted by molar-refractivity contribution is -0.121. The van der Waals surface area contributed by atoms with Gasteiger partial charge in [-0.15, -0.1) is 0 Å². The number of amides is 1. The van der Waals surface area contributed by atoms with E-state index in [1.165, 1.54) is 23.8 Å². The summed E-state index contributed by atoms with van der Waals surface area (Å²) in [6.45, 7) is 1.88. The van der Waals surface area contributed by atoms with Gasteiger partial charge in [-0.1, -0.05) is 29.8 Å². The number of methoxy groups -OCH3 is 1. The number of ether oxygens (including phenoxy) is 1. The van der Waals surface area contributed by atoms with Gasteiger partial charge in [-0.2, -0.15) is 0 Å². The van der Waals surface area contributed by atoms with Gasteiger partial charge in [0.2, 0.25) is 0 Å². The highest BCUT2D eigenvalue weighted by atomic mass is 35.5. The summed E-state index contributed by atoms with van der Waals surface area (Å²) in [5.41, 5.74) is 2.07. The summed E-state index contributed by atoms with van der Waals surface area (Å²) >= 11 is 7.38. The molecule has 0 unspecified atom stereocenters. The van der Waals surface area contributed by atoms with Gasteiger partial charge < -0.3 is 9.84 Å². The Hall–Kier alpha value is -2.44. The van der Waals surface area contributed by atoms with Gasteiger partial charge in [0.1, 0.15) is 0 Å². The largest absolute Gasteiger partial charge is 0.504 e. The van der Waals surface area contributed by atoms with E-state index in [0.717, 1.165) is 5.56 Å². The molecule has 1 N–H and O–H groups in total. The number of carbonyl (C=O) groups excluding carboxylic acids is 1. The second-order valence-electron chi connectivity index (χ2n) is 5.65. The number of hydrogen-bond acceptors (Lipinski definition) is 5. The van der Waals surface area contributed by atoms with E-state index in [4.69, 9.17) is 16.3 Å². The third kappa shape index (κ3) is 3.43. The Kier molecular flexibility index (Phi) is 5.25. The predicted octanol–water partition coefficient (Wildman–Crippen LogP) is 4.60. The number of nitrogens with zero attached hydrogens (tertiary/aromatic N) is 2. The van der Waals surface area contributed by atoms with Crippen LogP contribution in [0.15, 0.2) is 46.3 Å². The quantitative estimate of drug-likeness (QED) is 0.781. The number of halogens is 1. The molecule has 134 valence electrons. The molecule has 3 rings (SSSR count).